The van der Waals surface area contributed by atoms with Gasteiger partial charge in [0.05, 0.1) is 25.6 Å². The van der Waals surface area contributed by atoms with Gasteiger partial charge in [0.1, 0.15) is 22.0 Å². The molecule has 0 heterocycles. The first kappa shape index (κ1) is 27.5. The van der Waals surface area contributed by atoms with Crippen molar-refractivity contribution in [2.75, 3.05) is 25.7 Å². The highest BCUT2D eigenvalue weighted by atomic mass is 32.2. The van der Waals surface area contributed by atoms with E-state index in [1.54, 1.807) is 48.6 Å². The maximum absolute atomic E-state index is 14.6. The summed E-state index contributed by atoms with van der Waals surface area (Å²) in [5.41, 5.74) is 15.9. The third-order valence-electron chi connectivity index (χ3n) is 6.40. The molecule has 0 aliphatic heterocycles. The van der Waals surface area contributed by atoms with Gasteiger partial charge < -0.3 is 20.9 Å². The Morgan fingerprint density at radius 2 is 1.00 bits per heavy atom. The van der Waals surface area contributed by atoms with Gasteiger partial charge in [-0.1, -0.05) is 97.1 Å². The molecule has 0 aliphatic rings. The lowest BCUT2D eigenvalue weighted by Crippen LogP contribution is -2.19. The molecule has 4 rings (SSSR count). The number of hydrogen-bond donors (Lipinski definition) is 2. The van der Waals surface area contributed by atoms with Crippen molar-refractivity contribution in [1.82, 2.24) is 0 Å². The fraction of sp³-hybridized carbons (Fsp3) is 0.125. The Kier molecular flexibility index (Phi) is 8.74. The van der Waals surface area contributed by atoms with E-state index in [0.717, 1.165) is 11.1 Å². The molecule has 4 N–H and O–H groups in total. The van der Waals surface area contributed by atoms with Crippen LogP contribution in [0.2, 0.25) is 0 Å². The Hall–Kier alpha value is -4.49. The fourth-order valence-corrected chi connectivity index (χ4v) is 6.33. The molecule has 2 unspecified atom stereocenters. The van der Waals surface area contributed by atoms with E-state index in [1.807, 2.05) is 72.8 Å². The smallest absolute Gasteiger partial charge is 0.171 e. The number of sulfone groups is 1. The number of ether oxygens (including phenoxy) is 2. The van der Waals surface area contributed by atoms with Crippen molar-refractivity contribution in [1.29, 1.82) is 0 Å². The van der Waals surface area contributed by atoms with Gasteiger partial charge in [-0.25, -0.2) is 8.42 Å². The molecule has 0 fully saturated rings. The van der Waals surface area contributed by atoms with Gasteiger partial charge in [-0.3, -0.25) is 0 Å². The largest absolute Gasteiger partial charge is 0.495 e. The molecular weight excluding hydrogens is 508 g/mol. The lowest BCUT2D eigenvalue weighted by Gasteiger charge is -2.23. The normalized spacial score (nSPS) is 13.4. The highest BCUT2D eigenvalue weighted by molar-refractivity contribution is 7.92. The van der Waals surface area contributed by atoms with Crippen molar-refractivity contribution < 1.29 is 17.9 Å². The molecule has 0 saturated carbocycles. The Labute approximate surface area is 230 Å². The summed E-state index contributed by atoms with van der Waals surface area (Å²) in [6.07, 6.45) is 7.01. The predicted octanol–water partition coefficient (Wildman–Crippen LogP) is 6.49. The molecular formula is C32H32N2O4S. The summed E-state index contributed by atoms with van der Waals surface area (Å²) in [6.45, 7) is 0. The molecule has 4 aromatic rings. The summed E-state index contributed by atoms with van der Waals surface area (Å²) < 4.78 is 39.7. The van der Waals surface area contributed by atoms with Crippen LogP contribution in [0.25, 0.3) is 12.2 Å². The lowest BCUT2D eigenvalue weighted by molar-refractivity contribution is 0.417. The minimum absolute atomic E-state index is 0.355. The van der Waals surface area contributed by atoms with Crippen LogP contribution in [-0.2, 0) is 9.84 Å². The van der Waals surface area contributed by atoms with Crippen LogP contribution in [0.1, 0.15) is 32.8 Å². The van der Waals surface area contributed by atoms with Gasteiger partial charge in [0, 0.05) is 0 Å². The van der Waals surface area contributed by atoms with Crippen LogP contribution in [-0.4, -0.2) is 22.6 Å². The summed E-state index contributed by atoms with van der Waals surface area (Å²) in [4.78, 5) is 0. The first-order chi connectivity index (χ1) is 18.8. The molecule has 0 radical (unpaired) electrons. The first-order valence-electron chi connectivity index (χ1n) is 12.4. The van der Waals surface area contributed by atoms with Gasteiger partial charge in [0.15, 0.2) is 9.84 Å². The van der Waals surface area contributed by atoms with Crippen molar-refractivity contribution in [2.45, 2.75) is 10.5 Å². The van der Waals surface area contributed by atoms with Crippen molar-refractivity contribution in [3.05, 3.63) is 131 Å². The molecule has 4 aromatic carbocycles. The number of nitrogens with two attached hydrogens (primary N) is 2. The van der Waals surface area contributed by atoms with E-state index in [4.69, 9.17) is 20.9 Å². The molecule has 7 heteroatoms. The van der Waals surface area contributed by atoms with Gasteiger partial charge in [0.25, 0.3) is 0 Å². The summed E-state index contributed by atoms with van der Waals surface area (Å²) in [7, 11) is -0.906. The molecule has 0 aliphatic carbocycles. The summed E-state index contributed by atoms with van der Waals surface area (Å²) in [5.74, 6) is 0.954. The summed E-state index contributed by atoms with van der Waals surface area (Å²) >= 11 is 0. The fourth-order valence-electron chi connectivity index (χ4n) is 4.36. The molecule has 2 atom stereocenters. The molecule has 0 aromatic heterocycles. The van der Waals surface area contributed by atoms with Crippen LogP contribution >= 0.6 is 0 Å². The topological polar surface area (TPSA) is 105 Å². The second-order valence-corrected chi connectivity index (χ2v) is 11.2. The van der Waals surface area contributed by atoms with Crippen molar-refractivity contribution >= 4 is 33.4 Å². The van der Waals surface area contributed by atoms with Crippen LogP contribution in [0.15, 0.2) is 109 Å². The van der Waals surface area contributed by atoms with E-state index in [0.29, 0.717) is 34.0 Å². The Morgan fingerprint density at radius 1 is 0.615 bits per heavy atom. The number of benzene rings is 4. The zero-order valence-corrected chi connectivity index (χ0v) is 22.7. The summed E-state index contributed by atoms with van der Waals surface area (Å²) in [5, 5.41) is -2.03. The van der Waals surface area contributed by atoms with E-state index in [1.165, 1.54) is 14.2 Å². The van der Waals surface area contributed by atoms with E-state index in [-0.39, 0.29) is 0 Å². The van der Waals surface area contributed by atoms with Crippen molar-refractivity contribution in [3.8, 4) is 11.5 Å². The Morgan fingerprint density at radius 3 is 1.33 bits per heavy atom. The average molecular weight is 541 g/mol. The highest BCUT2D eigenvalue weighted by Crippen LogP contribution is 2.40. The van der Waals surface area contributed by atoms with Crippen LogP contribution < -0.4 is 20.9 Å². The molecule has 39 heavy (non-hydrogen) atoms. The minimum atomic E-state index is -3.95. The predicted molar refractivity (Wildman–Crippen MR) is 160 cm³/mol. The zero-order valence-electron chi connectivity index (χ0n) is 21.9. The highest BCUT2D eigenvalue weighted by Gasteiger charge is 2.34. The quantitative estimate of drug-likeness (QED) is 0.223. The van der Waals surface area contributed by atoms with E-state index >= 15 is 0 Å². The van der Waals surface area contributed by atoms with Crippen LogP contribution in [0.3, 0.4) is 0 Å². The van der Waals surface area contributed by atoms with Crippen molar-refractivity contribution in [2.24, 2.45) is 0 Å². The molecule has 0 saturated heterocycles. The minimum Gasteiger partial charge on any atom is -0.495 e. The number of methoxy groups -OCH3 is 2. The number of rotatable bonds is 10. The van der Waals surface area contributed by atoms with E-state index in [2.05, 4.69) is 0 Å². The molecule has 0 amide bonds. The molecule has 0 spiro atoms. The maximum Gasteiger partial charge on any atom is 0.171 e. The third-order valence-corrected chi connectivity index (χ3v) is 8.67. The zero-order chi connectivity index (χ0) is 27.8. The molecule has 0 bridgehead atoms. The SMILES string of the molecule is COc1ccc(C(C=Cc2ccccc2)S(=O)(=O)C(C=Cc2ccccc2)c2ccc(OC)c(N)c2)cc1N. The van der Waals surface area contributed by atoms with E-state index < -0.39 is 20.3 Å². The lowest BCUT2D eigenvalue weighted by atomic mass is 10.1. The number of anilines is 2. The van der Waals surface area contributed by atoms with Crippen LogP contribution in [0.4, 0.5) is 11.4 Å². The van der Waals surface area contributed by atoms with Gasteiger partial charge in [-0.2, -0.15) is 0 Å². The van der Waals surface area contributed by atoms with Gasteiger partial charge in [-0.15, -0.1) is 0 Å². The number of nitrogen functional groups attached to an aromatic ring is 2. The third kappa shape index (κ3) is 6.51. The second-order valence-electron chi connectivity index (χ2n) is 8.97. The Balaban J connectivity index is 1.87. The Bertz CT molecular complexity index is 1450. The molecule has 200 valence electrons. The average Bonchev–Trinajstić information content (AvgIpc) is 2.94. The van der Waals surface area contributed by atoms with Gasteiger partial charge in [0.2, 0.25) is 0 Å². The van der Waals surface area contributed by atoms with Crippen molar-refractivity contribution in [3.63, 3.8) is 0 Å². The standard InChI is InChI=1S/C32H32N2O4S/c1-37-29-17-15-25(21-27(29)33)31(19-13-23-9-5-3-6-10-23)39(35,36)32(20-14-24-11-7-4-8-12-24)26-16-18-30(38-2)28(34)22-26/h3-22,31-32H,33-34H2,1-2H3. The first-order valence-corrected chi connectivity index (χ1v) is 14.0. The van der Waals surface area contributed by atoms with Crippen LogP contribution in [0.5, 0.6) is 11.5 Å². The van der Waals surface area contributed by atoms with Crippen LogP contribution in [0, 0.1) is 0 Å². The summed E-state index contributed by atoms with van der Waals surface area (Å²) in [6, 6.07) is 29.2. The second kappa shape index (κ2) is 12.4. The van der Waals surface area contributed by atoms with E-state index in [9.17, 15) is 8.42 Å². The van der Waals surface area contributed by atoms with Gasteiger partial charge >= 0.3 is 0 Å². The maximum atomic E-state index is 14.6. The molecule has 6 nitrogen and oxygen atoms in total. The monoisotopic (exact) mass is 540 g/mol. The number of hydrogen-bond acceptors (Lipinski definition) is 6. The van der Waals surface area contributed by atoms with Gasteiger partial charge in [-0.05, 0) is 46.5 Å².